The Labute approximate surface area is 170 Å². The second-order valence-electron chi connectivity index (χ2n) is 6.50. The third-order valence-corrected chi connectivity index (χ3v) is 4.02. The van der Waals surface area contributed by atoms with Gasteiger partial charge in [0.1, 0.15) is 13.1 Å². The summed E-state index contributed by atoms with van der Waals surface area (Å²) in [5.41, 5.74) is 2.33. The van der Waals surface area contributed by atoms with E-state index in [0.717, 1.165) is 18.4 Å². The Hall–Kier alpha value is -3.16. The van der Waals surface area contributed by atoms with Crippen LogP contribution in [0, 0.1) is 0 Å². The number of benzene rings is 1. The molecule has 1 aliphatic rings. The van der Waals surface area contributed by atoms with Crippen molar-refractivity contribution in [3.8, 4) is 0 Å². The lowest BCUT2D eigenvalue weighted by molar-refractivity contribution is -0.143. The number of carbonyl (C=O) groups is 3. The average molecular weight is 402 g/mol. The van der Waals surface area contributed by atoms with Crippen molar-refractivity contribution in [3.05, 3.63) is 35.4 Å². The number of nitrogens with zero attached hydrogens (tertiary/aromatic N) is 2. The quantitative estimate of drug-likeness (QED) is 0.337. The van der Waals surface area contributed by atoms with Gasteiger partial charge in [-0.25, -0.2) is 4.79 Å². The van der Waals surface area contributed by atoms with Gasteiger partial charge in [0.05, 0.1) is 24.5 Å². The number of esters is 2. The van der Waals surface area contributed by atoms with E-state index in [2.05, 4.69) is 9.99 Å². The van der Waals surface area contributed by atoms with E-state index in [1.807, 2.05) is 13.8 Å². The molecule has 0 aliphatic carbocycles. The van der Waals surface area contributed by atoms with Crippen molar-refractivity contribution in [2.24, 2.45) is 5.16 Å². The summed E-state index contributed by atoms with van der Waals surface area (Å²) in [5, 5.41) is 3.64. The van der Waals surface area contributed by atoms with Crippen LogP contribution >= 0.6 is 0 Å². The van der Waals surface area contributed by atoms with Crippen molar-refractivity contribution >= 4 is 35.4 Å². The average Bonchev–Trinajstić information content (AvgIpc) is 3.02. The molecule has 0 unspecified atom stereocenters. The Morgan fingerprint density at radius 2 is 1.59 bits per heavy atom. The van der Waals surface area contributed by atoms with E-state index >= 15 is 0 Å². The van der Waals surface area contributed by atoms with E-state index in [4.69, 9.17) is 9.47 Å². The molecule has 0 N–H and O–H groups in total. The molecule has 0 atom stereocenters. The highest BCUT2D eigenvalue weighted by atomic mass is 16.7. The zero-order valence-electron chi connectivity index (χ0n) is 17.0. The van der Waals surface area contributed by atoms with E-state index < -0.39 is 17.9 Å². The maximum absolute atomic E-state index is 12.1. The molecule has 2 rings (SSSR count). The summed E-state index contributed by atoms with van der Waals surface area (Å²) in [5.74, 6) is -1.32. The van der Waals surface area contributed by atoms with Gasteiger partial charge in [0.15, 0.2) is 0 Å². The number of rotatable bonds is 10. The molecule has 8 nitrogen and oxygen atoms in total. The predicted molar refractivity (Wildman–Crippen MR) is 108 cm³/mol. The molecular formula is C21H26N2O6. The van der Waals surface area contributed by atoms with Gasteiger partial charge in [0, 0.05) is 5.69 Å². The maximum atomic E-state index is 12.1. The van der Waals surface area contributed by atoms with Crippen LogP contribution in [0.5, 0.6) is 0 Å². The van der Waals surface area contributed by atoms with Gasteiger partial charge >= 0.3 is 17.9 Å². The van der Waals surface area contributed by atoms with Gasteiger partial charge < -0.3 is 19.2 Å². The topological polar surface area (TPSA) is 94.5 Å². The molecule has 1 aromatic rings. The van der Waals surface area contributed by atoms with E-state index in [9.17, 15) is 14.4 Å². The van der Waals surface area contributed by atoms with Gasteiger partial charge in [-0.3, -0.25) is 9.59 Å². The predicted octanol–water partition coefficient (Wildman–Crippen LogP) is 2.72. The first-order valence-electron chi connectivity index (χ1n) is 9.58. The van der Waals surface area contributed by atoms with Crippen LogP contribution in [0.15, 0.2) is 35.0 Å². The lowest BCUT2D eigenvalue weighted by atomic mass is 10.1. The van der Waals surface area contributed by atoms with Crippen molar-refractivity contribution in [2.45, 2.75) is 33.6 Å². The van der Waals surface area contributed by atoms with Crippen LogP contribution < -0.4 is 4.90 Å². The molecule has 0 saturated heterocycles. The number of carbonyl (C=O) groups excluding carboxylic acids is 3. The Balaban J connectivity index is 2.15. The van der Waals surface area contributed by atoms with Gasteiger partial charge in [-0.1, -0.05) is 31.1 Å². The summed E-state index contributed by atoms with van der Waals surface area (Å²) in [6.07, 6.45) is 3.12. The monoisotopic (exact) mass is 402 g/mol. The summed E-state index contributed by atoms with van der Waals surface area (Å²) < 4.78 is 10.3. The highest BCUT2D eigenvalue weighted by molar-refractivity contribution is 6.24. The van der Waals surface area contributed by atoms with E-state index in [0.29, 0.717) is 30.2 Å². The van der Waals surface area contributed by atoms with E-state index in [1.54, 1.807) is 42.2 Å². The number of hydrogen-bond acceptors (Lipinski definition) is 8. The Morgan fingerprint density at radius 1 is 1.03 bits per heavy atom. The van der Waals surface area contributed by atoms with Crippen LogP contribution in [0.1, 0.15) is 39.2 Å². The third kappa shape index (κ3) is 6.74. The Morgan fingerprint density at radius 3 is 2.03 bits per heavy atom. The molecule has 0 fully saturated rings. The molecule has 0 aromatic heterocycles. The van der Waals surface area contributed by atoms with Crippen LogP contribution in [0.3, 0.4) is 0 Å². The zero-order chi connectivity index (χ0) is 21.2. The minimum Gasteiger partial charge on any atom is -0.464 e. The van der Waals surface area contributed by atoms with Gasteiger partial charge in [0.2, 0.25) is 0 Å². The van der Waals surface area contributed by atoms with Gasteiger partial charge in [-0.05, 0) is 43.5 Å². The summed E-state index contributed by atoms with van der Waals surface area (Å²) in [6, 6.07) is 7.09. The fraction of sp³-hybridized carbons (Fsp3) is 0.429. The standard InChI is InChI=1S/C21H26N2O6/c1-4-10-27-19(24)13-23(14-20(25)28-11-5-2)17-8-6-16(7-9-17)12-18-15(3)22-29-21(18)26/h6-9,12H,4-5,10-11,13-14H2,1-3H3/b18-12-. The lowest BCUT2D eigenvalue weighted by Crippen LogP contribution is -2.36. The minimum absolute atomic E-state index is 0.0697. The van der Waals surface area contributed by atoms with Gasteiger partial charge in [-0.2, -0.15) is 0 Å². The molecule has 156 valence electrons. The Bertz CT molecular complexity index is 776. The summed E-state index contributed by atoms with van der Waals surface area (Å²) in [6.45, 7) is 6.03. The third-order valence-electron chi connectivity index (χ3n) is 4.02. The minimum atomic E-state index is -0.495. The zero-order valence-corrected chi connectivity index (χ0v) is 17.0. The van der Waals surface area contributed by atoms with Crippen LogP contribution in [-0.2, 0) is 28.7 Å². The Kier molecular flexibility index (Phi) is 8.39. The second-order valence-corrected chi connectivity index (χ2v) is 6.50. The van der Waals surface area contributed by atoms with Crippen LogP contribution in [0.4, 0.5) is 5.69 Å². The molecule has 1 aliphatic heterocycles. The van der Waals surface area contributed by atoms with Crippen molar-refractivity contribution in [1.29, 1.82) is 0 Å². The highest BCUT2D eigenvalue weighted by Gasteiger charge is 2.22. The molecule has 29 heavy (non-hydrogen) atoms. The fourth-order valence-corrected chi connectivity index (χ4v) is 2.54. The van der Waals surface area contributed by atoms with Crippen molar-refractivity contribution in [3.63, 3.8) is 0 Å². The van der Waals surface area contributed by atoms with Crippen molar-refractivity contribution in [2.75, 3.05) is 31.2 Å². The van der Waals surface area contributed by atoms with E-state index in [-0.39, 0.29) is 13.1 Å². The smallest absolute Gasteiger partial charge is 0.367 e. The molecular weight excluding hydrogens is 376 g/mol. The number of anilines is 1. The summed E-state index contributed by atoms with van der Waals surface area (Å²) >= 11 is 0. The molecule has 0 saturated carbocycles. The second kappa shape index (κ2) is 11.0. The first-order chi connectivity index (χ1) is 13.9. The lowest BCUT2D eigenvalue weighted by Gasteiger charge is -2.23. The maximum Gasteiger partial charge on any atom is 0.367 e. The normalized spacial score (nSPS) is 14.4. The molecule has 0 spiro atoms. The summed E-state index contributed by atoms with van der Waals surface area (Å²) in [4.78, 5) is 42.0. The largest absolute Gasteiger partial charge is 0.464 e. The first kappa shape index (κ1) is 22.1. The molecule has 0 radical (unpaired) electrons. The van der Waals surface area contributed by atoms with Crippen LogP contribution in [0.2, 0.25) is 0 Å². The molecule has 0 amide bonds. The van der Waals surface area contributed by atoms with Gasteiger partial charge in [-0.15, -0.1) is 0 Å². The highest BCUT2D eigenvalue weighted by Crippen LogP contribution is 2.20. The number of oxime groups is 1. The van der Waals surface area contributed by atoms with Crippen molar-refractivity contribution < 1.29 is 28.7 Å². The van der Waals surface area contributed by atoms with Gasteiger partial charge in [0.25, 0.3) is 0 Å². The molecule has 1 aromatic carbocycles. The summed E-state index contributed by atoms with van der Waals surface area (Å²) in [7, 11) is 0. The molecule has 1 heterocycles. The van der Waals surface area contributed by atoms with E-state index in [1.165, 1.54) is 0 Å². The number of hydrogen-bond donors (Lipinski definition) is 0. The number of ether oxygens (including phenoxy) is 2. The SMILES string of the molecule is CCCOC(=O)CN(CC(=O)OCCC)c1ccc(/C=C2\C(=O)ON=C2C)cc1. The molecule has 0 bridgehead atoms. The van der Waals surface area contributed by atoms with Crippen LogP contribution in [0.25, 0.3) is 6.08 Å². The fourth-order valence-electron chi connectivity index (χ4n) is 2.54. The molecule has 8 heteroatoms. The van der Waals surface area contributed by atoms with Crippen molar-refractivity contribution in [1.82, 2.24) is 0 Å². The van der Waals surface area contributed by atoms with Crippen LogP contribution in [-0.4, -0.2) is 49.9 Å². The first-order valence-corrected chi connectivity index (χ1v) is 9.58.